The van der Waals surface area contributed by atoms with Crippen LogP contribution in [-0.4, -0.2) is 35.4 Å². The van der Waals surface area contributed by atoms with E-state index in [0.717, 1.165) is 28.1 Å². The van der Waals surface area contributed by atoms with Gasteiger partial charge in [0.1, 0.15) is 0 Å². The molecule has 1 aromatic rings. The van der Waals surface area contributed by atoms with Crippen LogP contribution >= 0.6 is 39.3 Å². The van der Waals surface area contributed by atoms with Gasteiger partial charge in [-0.05, 0) is 17.7 Å². The highest BCUT2D eigenvalue weighted by atomic mass is 79.9. The van der Waals surface area contributed by atoms with Gasteiger partial charge in [-0.25, -0.2) is 0 Å². The first-order valence-electron chi connectivity index (χ1n) is 5.48. The van der Waals surface area contributed by atoms with Crippen molar-refractivity contribution < 1.29 is 9.84 Å². The second-order valence-electron chi connectivity index (χ2n) is 3.99. The van der Waals surface area contributed by atoms with Crippen molar-refractivity contribution in [3.63, 3.8) is 0 Å². The van der Waals surface area contributed by atoms with Crippen LogP contribution in [0.2, 0.25) is 5.02 Å². The van der Waals surface area contributed by atoms with Crippen LogP contribution in [0.25, 0.3) is 0 Å². The van der Waals surface area contributed by atoms with Gasteiger partial charge in [0.15, 0.2) is 0 Å². The van der Waals surface area contributed by atoms with Crippen LogP contribution in [0.1, 0.15) is 5.56 Å². The molecule has 1 aliphatic rings. The van der Waals surface area contributed by atoms with Crippen LogP contribution in [0.15, 0.2) is 22.7 Å². The van der Waals surface area contributed by atoms with E-state index in [0.29, 0.717) is 11.4 Å². The summed E-state index contributed by atoms with van der Waals surface area (Å²) in [5, 5.41) is 10.8. The fourth-order valence-electron chi connectivity index (χ4n) is 1.77. The average Bonchev–Trinajstić information content (AvgIpc) is 2.34. The Balaban J connectivity index is 1.99. The molecule has 0 amide bonds. The van der Waals surface area contributed by atoms with Gasteiger partial charge in [0.05, 0.1) is 18.8 Å². The number of hydrogen-bond donors (Lipinski definition) is 1. The molecule has 2 rings (SSSR count). The zero-order valence-corrected chi connectivity index (χ0v) is 12.4. The zero-order valence-electron chi connectivity index (χ0n) is 9.23. The lowest BCUT2D eigenvalue weighted by molar-refractivity contribution is -0.0207. The van der Waals surface area contributed by atoms with Gasteiger partial charge in [-0.1, -0.05) is 33.6 Å². The largest absolute Gasteiger partial charge is 0.390 e. The van der Waals surface area contributed by atoms with Crippen LogP contribution in [0, 0.1) is 0 Å². The molecule has 1 aromatic carbocycles. The van der Waals surface area contributed by atoms with Crippen molar-refractivity contribution in [1.82, 2.24) is 0 Å². The minimum Gasteiger partial charge on any atom is -0.390 e. The molecule has 0 bridgehead atoms. The highest BCUT2D eigenvalue weighted by molar-refractivity contribution is 9.10. The van der Waals surface area contributed by atoms with Crippen LogP contribution in [0.3, 0.4) is 0 Å². The van der Waals surface area contributed by atoms with Gasteiger partial charge < -0.3 is 9.84 Å². The van der Waals surface area contributed by atoms with Crippen LogP contribution in [0.5, 0.6) is 0 Å². The molecule has 1 aliphatic heterocycles. The Hall–Kier alpha value is 0.260. The van der Waals surface area contributed by atoms with E-state index in [1.165, 1.54) is 0 Å². The van der Waals surface area contributed by atoms with E-state index in [4.69, 9.17) is 16.3 Å². The lowest BCUT2D eigenvalue weighted by atomic mass is 10.0. The molecule has 0 radical (unpaired) electrons. The molecule has 0 aliphatic carbocycles. The number of thioether (sulfide) groups is 1. The number of benzene rings is 1. The van der Waals surface area contributed by atoms with Gasteiger partial charge in [-0.3, -0.25) is 0 Å². The maximum atomic E-state index is 10.1. The monoisotopic (exact) mass is 336 g/mol. The maximum absolute atomic E-state index is 10.1. The minimum absolute atomic E-state index is 0.0755. The van der Waals surface area contributed by atoms with E-state index >= 15 is 0 Å². The van der Waals surface area contributed by atoms with Crippen LogP contribution in [-0.2, 0) is 11.2 Å². The lowest BCUT2D eigenvalue weighted by Crippen LogP contribution is -2.36. The van der Waals surface area contributed by atoms with Crippen LogP contribution in [0.4, 0.5) is 0 Å². The Morgan fingerprint density at radius 2 is 2.41 bits per heavy atom. The zero-order chi connectivity index (χ0) is 12.3. The molecule has 1 heterocycles. The Kier molecular flexibility index (Phi) is 5.18. The van der Waals surface area contributed by atoms with E-state index in [1.54, 1.807) is 0 Å². The fraction of sp³-hybridized carbons (Fsp3) is 0.500. The van der Waals surface area contributed by atoms with Gasteiger partial charge in [-0.2, -0.15) is 11.8 Å². The number of rotatable bonds is 3. The van der Waals surface area contributed by atoms with Crippen molar-refractivity contribution in [3.05, 3.63) is 33.3 Å². The van der Waals surface area contributed by atoms with Gasteiger partial charge in [-0.15, -0.1) is 0 Å². The maximum Gasteiger partial charge on any atom is 0.0927 e. The van der Waals surface area contributed by atoms with E-state index < -0.39 is 6.10 Å². The third-order valence-corrected chi connectivity index (χ3v) is 4.58. The smallest absolute Gasteiger partial charge is 0.0927 e. The average molecular weight is 338 g/mol. The molecular weight excluding hydrogens is 324 g/mol. The normalized spacial score (nSPS) is 22.4. The van der Waals surface area contributed by atoms with Crippen molar-refractivity contribution in [2.75, 3.05) is 18.1 Å². The molecule has 2 unspecified atom stereocenters. The second kappa shape index (κ2) is 6.43. The SMILES string of the molecule is OC(Cc1ccc(Br)cc1Cl)C1CSCCO1. The first-order chi connectivity index (χ1) is 8.16. The van der Waals surface area contributed by atoms with E-state index in [1.807, 2.05) is 30.0 Å². The molecule has 5 heteroatoms. The second-order valence-corrected chi connectivity index (χ2v) is 6.46. The van der Waals surface area contributed by atoms with Gasteiger partial charge in [0.2, 0.25) is 0 Å². The third-order valence-electron chi connectivity index (χ3n) is 2.72. The van der Waals surface area contributed by atoms with E-state index in [2.05, 4.69) is 15.9 Å². The molecule has 0 spiro atoms. The summed E-state index contributed by atoms with van der Waals surface area (Å²) in [4.78, 5) is 0. The van der Waals surface area contributed by atoms with Gasteiger partial charge >= 0.3 is 0 Å². The molecule has 94 valence electrons. The Morgan fingerprint density at radius 3 is 3.06 bits per heavy atom. The van der Waals surface area contributed by atoms with Crippen molar-refractivity contribution in [1.29, 1.82) is 0 Å². The summed E-state index contributed by atoms with van der Waals surface area (Å²) in [6, 6.07) is 5.72. The first kappa shape index (κ1) is 13.7. The summed E-state index contributed by atoms with van der Waals surface area (Å²) in [5.74, 6) is 1.87. The molecule has 1 saturated heterocycles. The van der Waals surface area contributed by atoms with E-state index in [-0.39, 0.29) is 6.10 Å². The van der Waals surface area contributed by atoms with Gasteiger partial charge in [0, 0.05) is 27.4 Å². The lowest BCUT2D eigenvalue weighted by Gasteiger charge is -2.27. The minimum atomic E-state index is -0.485. The number of halogens is 2. The number of aliphatic hydroxyl groups is 1. The summed E-state index contributed by atoms with van der Waals surface area (Å²) in [5.41, 5.74) is 0.960. The molecule has 17 heavy (non-hydrogen) atoms. The molecule has 0 aromatic heterocycles. The van der Waals surface area contributed by atoms with Crippen molar-refractivity contribution in [3.8, 4) is 0 Å². The van der Waals surface area contributed by atoms with Gasteiger partial charge in [0.25, 0.3) is 0 Å². The number of hydrogen-bond acceptors (Lipinski definition) is 3. The quantitative estimate of drug-likeness (QED) is 0.919. The third kappa shape index (κ3) is 3.86. The summed E-state index contributed by atoms with van der Waals surface area (Å²) >= 11 is 11.3. The predicted octanol–water partition coefficient (Wildman–Crippen LogP) is 3.14. The van der Waals surface area contributed by atoms with Crippen LogP contribution < -0.4 is 0 Å². The molecule has 2 atom stereocenters. The Bertz CT molecular complexity index is 383. The fourth-order valence-corrected chi connectivity index (χ4v) is 3.45. The molecule has 1 N–H and O–H groups in total. The molecule has 0 saturated carbocycles. The summed E-state index contributed by atoms with van der Waals surface area (Å²) in [6.45, 7) is 0.723. The highest BCUT2D eigenvalue weighted by Gasteiger charge is 2.23. The first-order valence-corrected chi connectivity index (χ1v) is 7.80. The molecular formula is C12H14BrClO2S. The molecule has 2 nitrogen and oxygen atoms in total. The Morgan fingerprint density at radius 1 is 1.59 bits per heavy atom. The predicted molar refractivity (Wildman–Crippen MR) is 75.9 cm³/mol. The topological polar surface area (TPSA) is 29.5 Å². The standard InChI is InChI=1S/C12H14BrClO2S/c13-9-2-1-8(10(14)6-9)5-11(15)12-7-17-4-3-16-12/h1-2,6,11-12,15H,3-5,7H2. The number of ether oxygens (including phenoxy) is 1. The summed E-state index contributed by atoms with van der Waals surface area (Å²) in [7, 11) is 0. The molecule has 1 fully saturated rings. The van der Waals surface area contributed by atoms with Crippen molar-refractivity contribution in [2.45, 2.75) is 18.6 Å². The van der Waals surface area contributed by atoms with Crippen molar-refractivity contribution >= 4 is 39.3 Å². The van der Waals surface area contributed by atoms with Crippen molar-refractivity contribution in [2.24, 2.45) is 0 Å². The summed E-state index contributed by atoms with van der Waals surface area (Å²) < 4.78 is 6.50. The Labute approximate surface area is 119 Å². The summed E-state index contributed by atoms with van der Waals surface area (Å²) in [6.07, 6.45) is -0.0212. The number of aliphatic hydroxyl groups excluding tert-OH is 1. The highest BCUT2D eigenvalue weighted by Crippen LogP contribution is 2.24. The van der Waals surface area contributed by atoms with E-state index in [9.17, 15) is 5.11 Å².